The van der Waals surface area contributed by atoms with Crippen molar-refractivity contribution in [3.8, 4) is 0 Å². The second-order valence-electron chi connectivity index (χ2n) is 20.6. The Kier molecular flexibility index (Phi) is 24.3. The van der Waals surface area contributed by atoms with Gasteiger partial charge in [0.2, 0.25) is 0 Å². The number of fused-ring (bicyclic) bond motifs is 11. The Morgan fingerprint density at radius 3 is 1.31 bits per heavy atom. The summed E-state index contributed by atoms with van der Waals surface area (Å²) in [6, 6.07) is 0. The lowest BCUT2D eigenvalue weighted by Gasteiger charge is -2.39. The number of esters is 3. The molecule has 358 valence electrons. The maximum atomic E-state index is 12.4. The first-order valence-electron chi connectivity index (χ1n) is 23.8. The van der Waals surface area contributed by atoms with E-state index in [1.807, 2.05) is 55.4 Å². The Labute approximate surface area is 370 Å². The number of ether oxygens (including phenoxy) is 6. The molecule has 10 atom stereocenters. The molecule has 0 aromatic carbocycles. The predicted octanol–water partition coefficient (Wildman–Crippen LogP) is 9.24. The van der Waals surface area contributed by atoms with Gasteiger partial charge >= 0.3 is 17.9 Å². The van der Waals surface area contributed by atoms with Crippen LogP contribution in [0.2, 0.25) is 0 Å². The van der Waals surface area contributed by atoms with E-state index < -0.39 is 0 Å². The minimum absolute atomic E-state index is 0.00236. The number of hydrogen-bond donors (Lipinski definition) is 3. The first-order valence-corrected chi connectivity index (χ1v) is 23.8. The fraction of sp³-hybridized carbons (Fsp3) is 0.939. The van der Waals surface area contributed by atoms with Crippen LogP contribution in [0, 0.1) is 63.6 Å². The van der Waals surface area contributed by atoms with Gasteiger partial charge in [0.1, 0.15) is 38.7 Å². The van der Waals surface area contributed by atoms with Gasteiger partial charge in [0, 0.05) is 21.3 Å². The Bertz CT molecular complexity index is 1250. The van der Waals surface area contributed by atoms with Gasteiger partial charge in [-0.2, -0.15) is 0 Å². The molecular formula is C49H90O12. The van der Waals surface area contributed by atoms with Gasteiger partial charge < -0.3 is 43.7 Å². The van der Waals surface area contributed by atoms with Gasteiger partial charge in [0.15, 0.2) is 0 Å². The third-order valence-corrected chi connectivity index (χ3v) is 15.4. The highest BCUT2D eigenvalue weighted by Gasteiger charge is 2.63. The summed E-state index contributed by atoms with van der Waals surface area (Å²) in [4.78, 5) is 36.0. The van der Waals surface area contributed by atoms with Gasteiger partial charge in [-0.05, 0) is 192 Å². The van der Waals surface area contributed by atoms with Gasteiger partial charge in [-0.1, -0.05) is 27.2 Å². The van der Waals surface area contributed by atoms with E-state index in [2.05, 4.69) is 21.1 Å². The summed E-state index contributed by atoms with van der Waals surface area (Å²) in [5.41, 5.74) is -0.921. The van der Waals surface area contributed by atoms with Gasteiger partial charge in [0.25, 0.3) is 0 Å². The van der Waals surface area contributed by atoms with E-state index >= 15 is 0 Å². The highest BCUT2D eigenvalue weighted by atomic mass is 16.6. The zero-order valence-corrected chi connectivity index (χ0v) is 40.5. The highest BCUT2D eigenvalue weighted by Crippen LogP contribution is 2.68. The van der Waals surface area contributed by atoms with Crippen molar-refractivity contribution in [2.75, 3.05) is 41.7 Å². The number of carbonyl (C=O) groups excluding carboxylic acids is 3. The number of carbonyl (C=O) groups is 3. The molecule has 0 aromatic heterocycles. The molecule has 7 aliphatic carbocycles. The summed E-state index contributed by atoms with van der Waals surface area (Å²) in [5.74, 6) is 7.04. The molecule has 3 N–H and O–H groups in total. The molecule has 7 saturated carbocycles. The molecule has 61 heavy (non-hydrogen) atoms. The van der Waals surface area contributed by atoms with E-state index in [0.717, 1.165) is 74.0 Å². The van der Waals surface area contributed by atoms with Crippen molar-refractivity contribution >= 4 is 17.9 Å². The first-order chi connectivity index (χ1) is 28.8. The lowest BCUT2D eigenvalue weighted by Crippen LogP contribution is -2.39. The predicted molar refractivity (Wildman–Crippen MR) is 237 cm³/mol. The Morgan fingerprint density at radius 2 is 0.902 bits per heavy atom. The Hall–Kier alpha value is -1.83. The molecule has 7 fully saturated rings. The number of aliphatic hydroxyl groups excluding tert-OH is 3. The van der Waals surface area contributed by atoms with Crippen LogP contribution in [0.25, 0.3) is 0 Å². The largest absolute Gasteiger partial charge is 0.462 e. The van der Waals surface area contributed by atoms with Crippen LogP contribution in [-0.4, -0.2) is 93.2 Å². The third-order valence-electron chi connectivity index (χ3n) is 15.4. The smallest absolute Gasteiger partial charge is 0.311 e. The lowest BCUT2D eigenvalue weighted by atomic mass is 9.70. The van der Waals surface area contributed by atoms with Crippen molar-refractivity contribution in [1.29, 1.82) is 0 Å². The number of rotatable bonds is 12. The zero-order chi connectivity index (χ0) is 46.0. The standard InChI is InChI=1S/C18H28O2.C13H22O2.C12H22O2.3C2H6O2/c1-4-18(2,3)17(19)20-14-9-12-8-13(14)16-11-6-5-10(7-11)15(12)16;1-4-13(2,3)12(14)15-11-8-9-5-6-10(11)7-9;1-4-12(2,3)11(13)14-10-8-6-5-7-9-10;3*1-4-2-3/h10-16H,4-9H2,1-3H3;9-11H,4-8H2,1-3H3;10H,4-9H2,1-3H3;3*3H,2H2,1H3. The normalized spacial score (nSPS) is 30.3. The van der Waals surface area contributed by atoms with Gasteiger partial charge in [-0.25, -0.2) is 0 Å². The second-order valence-corrected chi connectivity index (χ2v) is 20.6. The average Bonchev–Trinajstić information content (AvgIpc) is 4.15. The quantitative estimate of drug-likeness (QED) is 0.0738. The molecule has 12 heteroatoms. The van der Waals surface area contributed by atoms with Crippen molar-refractivity contribution in [1.82, 2.24) is 0 Å². The molecule has 0 radical (unpaired) electrons. The lowest BCUT2D eigenvalue weighted by molar-refractivity contribution is -0.165. The molecule has 6 bridgehead atoms. The minimum atomic E-state index is -0.310. The molecule has 0 heterocycles. The fourth-order valence-electron chi connectivity index (χ4n) is 10.5. The van der Waals surface area contributed by atoms with Gasteiger partial charge in [-0.3, -0.25) is 14.4 Å². The summed E-state index contributed by atoms with van der Waals surface area (Å²) in [6.45, 7) is 17.5. The molecule has 10 unspecified atom stereocenters. The number of aliphatic hydroxyl groups is 3. The molecule has 0 saturated heterocycles. The Morgan fingerprint density at radius 1 is 0.475 bits per heavy atom. The second kappa shape index (κ2) is 26.8. The summed E-state index contributed by atoms with van der Waals surface area (Å²) in [6.07, 6.45) is 21.1. The van der Waals surface area contributed by atoms with E-state index in [4.69, 9.17) is 29.5 Å². The SMILES string of the molecule is CCC(C)(C)C(=O)OC1CC2CC1C1C3CCC(C3)C21.CCC(C)(C)C(=O)OC1CC2CCC1C2.CCC(C)(C)C(=O)OC1CCCCC1.COCO.COCO.COCO. The summed E-state index contributed by atoms with van der Waals surface area (Å²) >= 11 is 0. The van der Waals surface area contributed by atoms with Crippen molar-refractivity contribution in [2.24, 2.45) is 63.6 Å². The molecule has 7 aliphatic rings. The van der Waals surface area contributed by atoms with Crippen LogP contribution in [-0.2, 0) is 42.8 Å². The molecule has 0 aliphatic heterocycles. The van der Waals surface area contributed by atoms with Crippen LogP contribution in [0.5, 0.6) is 0 Å². The van der Waals surface area contributed by atoms with Crippen LogP contribution in [0.4, 0.5) is 0 Å². The van der Waals surface area contributed by atoms with E-state index in [9.17, 15) is 14.4 Å². The Balaban J connectivity index is 0.000000282. The summed E-state index contributed by atoms with van der Waals surface area (Å²) in [7, 11) is 4.29. The van der Waals surface area contributed by atoms with E-state index in [0.29, 0.717) is 11.8 Å². The number of hydrogen-bond acceptors (Lipinski definition) is 12. The van der Waals surface area contributed by atoms with Gasteiger partial charge in [-0.15, -0.1) is 0 Å². The third kappa shape index (κ3) is 16.3. The molecular weight excluding hydrogens is 781 g/mol. The summed E-state index contributed by atoms with van der Waals surface area (Å²) in [5, 5.41) is 23.0. The monoisotopic (exact) mass is 871 g/mol. The van der Waals surface area contributed by atoms with Crippen molar-refractivity contribution < 1.29 is 58.1 Å². The highest BCUT2D eigenvalue weighted by molar-refractivity contribution is 5.77. The van der Waals surface area contributed by atoms with E-state index in [1.165, 1.54) is 92.0 Å². The fourth-order valence-corrected chi connectivity index (χ4v) is 10.5. The minimum Gasteiger partial charge on any atom is -0.462 e. The first kappa shape index (κ1) is 55.3. The maximum absolute atomic E-state index is 12.4. The van der Waals surface area contributed by atoms with Crippen LogP contribution in [0.3, 0.4) is 0 Å². The summed E-state index contributed by atoms with van der Waals surface area (Å²) < 4.78 is 29.4. The van der Waals surface area contributed by atoms with Crippen LogP contribution >= 0.6 is 0 Å². The van der Waals surface area contributed by atoms with Crippen molar-refractivity contribution in [3.05, 3.63) is 0 Å². The molecule has 7 rings (SSSR count). The van der Waals surface area contributed by atoms with E-state index in [1.54, 1.807) is 0 Å². The zero-order valence-electron chi connectivity index (χ0n) is 40.5. The molecule has 0 aromatic rings. The van der Waals surface area contributed by atoms with Gasteiger partial charge in [0.05, 0.1) is 16.2 Å². The topological polar surface area (TPSA) is 167 Å². The van der Waals surface area contributed by atoms with Crippen LogP contribution in [0.15, 0.2) is 0 Å². The van der Waals surface area contributed by atoms with Crippen LogP contribution in [0.1, 0.15) is 171 Å². The van der Waals surface area contributed by atoms with Crippen molar-refractivity contribution in [3.63, 3.8) is 0 Å². The molecule has 0 amide bonds. The van der Waals surface area contributed by atoms with Crippen LogP contribution < -0.4 is 0 Å². The average molecular weight is 871 g/mol. The van der Waals surface area contributed by atoms with Crippen molar-refractivity contribution in [2.45, 2.75) is 190 Å². The molecule has 0 spiro atoms. The number of methoxy groups -OCH3 is 3. The molecule has 12 nitrogen and oxygen atoms in total. The maximum Gasteiger partial charge on any atom is 0.311 e. The van der Waals surface area contributed by atoms with E-state index in [-0.39, 0.29) is 72.8 Å².